The molecule has 7 aromatic carbocycles. The van der Waals surface area contributed by atoms with Gasteiger partial charge in [-0.05, 0) is 99.8 Å². The highest BCUT2D eigenvalue weighted by Gasteiger charge is 2.18. The molecule has 2 nitrogen and oxygen atoms in total. The SMILES string of the molecule is c1ccc(-c2ccc(-n3c4ccccc4c4cc(-c5ccc6c(c5)c5c7sccc7ccc5n6-c5ccccc5)ccc43)cc2)cc1. The van der Waals surface area contributed by atoms with Crippen LogP contribution in [0.15, 0.2) is 169 Å². The molecule has 3 aromatic heterocycles. The van der Waals surface area contributed by atoms with Gasteiger partial charge in [0.05, 0.1) is 22.1 Å². The fourth-order valence-electron chi connectivity index (χ4n) is 7.43. The normalized spacial score (nSPS) is 11.8. The Morgan fingerprint density at radius 1 is 0.362 bits per heavy atom. The molecule has 0 saturated heterocycles. The van der Waals surface area contributed by atoms with Gasteiger partial charge in [-0.15, -0.1) is 11.3 Å². The Morgan fingerprint density at radius 3 is 1.70 bits per heavy atom. The highest BCUT2D eigenvalue weighted by atomic mass is 32.1. The number of hydrogen-bond donors (Lipinski definition) is 0. The van der Waals surface area contributed by atoms with Crippen LogP contribution in [0.1, 0.15) is 0 Å². The largest absolute Gasteiger partial charge is 0.309 e. The number of aromatic nitrogens is 2. The van der Waals surface area contributed by atoms with E-state index >= 15 is 0 Å². The van der Waals surface area contributed by atoms with Crippen LogP contribution in [0, 0.1) is 0 Å². The van der Waals surface area contributed by atoms with E-state index in [1.807, 2.05) is 11.3 Å². The lowest BCUT2D eigenvalue weighted by Crippen LogP contribution is -1.94. The van der Waals surface area contributed by atoms with Crippen LogP contribution in [0.2, 0.25) is 0 Å². The average Bonchev–Trinajstić information content (AvgIpc) is 3.84. The molecule has 0 aliphatic rings. The summed E-state index contributed by atoms with van der Waals surface area (Å²) >= 11 is 1.83. The van der Waals surface area contributed by atoms with E-state index in [1.54, 1.807) is 0 Å². The summed E-state index contributed by atoms with van der Waals surface area (Å²) in [6, 6.07) is 59.7. The molecule has 10 aromatic rings. The Labute approximate surface area is 276 Å². The van der Waals surface area contributed by atoms with Crippen LogP contribution in [0.3, 0.4) is 0 Å². The van der Waals surface area contributed by atoms with Crippen molar-refractivity contribution >= 4 is 65.0 Å². The molecule has 10 rings (SSSR count). The van der Waals surface area contributed by atoms with Crippen molar-refractivity contribution in [2.45, 2.75) is 0 Å². The van der Waals surface area contributed by atoms with Crippen molar-refractivity contribution in [3.05, 3.63) is 169 Å². The predicted octanol–water partition coefficient (Wildman–Crippen LogP) is 12.4. The first-order valence-electron chi connectivity index (χ1n) is 16.0. The van der Waals surface area contributed by atoms with E-state index in [2.05, 4.69) is 178 Å². The van der Waals surface area contributed by atoms with Crippen molar-refractivity contribution in [2.75, 3.05) is 0 Å². The van der Waals surface area contributed by atoms with E-state index in [1.165, 1.54) is 87.3 Å². The lowest BCUT2D eigenvalue weighted by Gasteiger charge is -2.10. The van der Waals surface area contributed by atoms with Crippen LogP contribution in [-0.4, -0.2) is 9.13 Å². The summed E-state index contributed by atoms with van der Waals surface area (Å²) in [5, 5.41) is 8.64. The van der Waals surface area contributed by atoms with Gasteiger partial charge in [-0.2, -0.15) is 0 Å². The molecule has 0 saturated carbocycles. The number of hydrogen-bond acceptors (Lipinski definition) is 1. The number of rotatable bonds is 4. The molecule has 220 valence electrons. The van der Waals surface area contributed by atoms with Gasteiger partial charge < -0.3 is 9.13 Å². The molecule has 0 aliphatic carbocycles. The molecule has 0 N–H and O–H groups in total. The molecule has 3 heterocycles. The van der Waals surface area contributed by atoms with Crippen LogP contribution < -0.4 is 0 Å². The molecular formula is C44H28N2S. The van der Waals surface area contributed by atoms with E-state index in [-0.39, 0.29) is 0 Å². The van der Waals surface area contributed by atoms with Gasteiger partial charge in [-0.25, -0.2) is 0 Å². The van der Waals surface area contributed by atoms with E-state index < -0.39 is 0 Å². The molecule has 0 radical (unpaired) electrons. The van der Waals surface area contributed by atoms with Gasteiger partial charge in [-0.3, -0.25) is 0 Å². The van der Waals surface area contributed by atoms with Gasteiger partial charge in [-0.1, -0.05) is 97.1 Å². The van der Waals surface area contributed by atoms with Crippen molar-refractivity contribution in [3.8, 4) is 33.6 Å². The zero-order chi connectivity index (χ0) is 30.9. The molecular weight excluding hydrogens is 589 g/mol. The monoisotopic (exact) mass is 616 g/mol. The Bertz CT molecular complexity index is 2760. The Kier molecular flexibility index (Phi) is 5.78. The number of para-hydroxylation sites is 2. The predicted molar refractivity (Wildman–Crippen MR) is 201 cm³/mol. The third kappa shape index (κ3) is 4.04. The minimum atomic E-state index is 1.17. The first kappa shape index (κ1) is 26.3. The number of benzene rings is 7. The van der Waals surface area contributed by atoms with Crippen LogP contribution in [0.4, 0.5) is 0 Å². The average molecular weight is 617 g/mol. The molecule has 3 heteroatoms. The highest BCUT2D eigenvalue weighted by molar-refractivity contribution is 7.18. The van der Waals surface area contributed by atoms with Crippen LogP contribution in [0.25, 0.3) is 87.3 Å². The fourth-order valence-corrected chi connectivity index (χ4v) is 8.38. The summed E-state index contributed by atoms with van der Waals surface area (Å²) < 4.78 is 6.15. The van der Waals surface area contributed by atoms with Crippen molar-refractivity contribution in [1.29, 1.82) is 0 Å². The highest BCUT2D eigenvalue weighted by Crippen LogP contribution is 2.41. The summed E-state index contributed by atoms with van der Waals surface area (Å²) in [5.41, 5.74) is 12.2. The van der Waals surface area contributed by atoms with E-state index in [9.17, 15) is 0 Å². The topological polar surface area (TPSA) is 9.86 Å². The third-order valence-electron chi connectivity index (χ3n) is 9.60. The summed E-state index contributed by atoms with van der Waals surface area (Å²) in [5.74, 6) is 0. The van der Waals surface area contributed by atoms with E-state index in [4.69, 9.17) is 0 Å². The first-order chi connectivity index (χ1) is 23.3. The molecule has 0 amide bonds. The second-order valence-electron chi connectivity index (χ2n) is 12.2. The van der Waals surface area contributed by atoms with Crippen LogP contribution in [0.5, 0.6) is 0 Å². The van der Waals surface area contributed by atoms with E-state index in [0.717, 1.165) is 0 Å². The smallest absolute Gasteiger partial charge is 0.0555 e. The molecule has 0 fully saturated rings. The van der Waals surface area contributed by atoms with Crippen molar-refractivity contribution < 1.29 is 0 Å². The van der Waals surface area contributed by atoms with Crippen molar-refractivity contribution in [1.82, 2.24) is 9.13 Å². The first-order valence-corrected chi connectivity index (χ1v) is 16.9. The lowest BCUT2D eigenvalue weighted by molar-refractivity contribution is 1.18. The molecule has 0 atom stereocenters. The molecule has 0 bridgehead atoms. The van der Waals surface area contributed by atoms with Gasteiger partial charge in [0.25, 0.3) is 0 Å². The zero-order valence-electron chi connectivity index (χ0n) is 25.5. The van der Waals surface area contributed by atoms with Gasteiger partial charge in [0.15, 0.2) is 0 Å². The maximum atomic E-state index is 2.41. The summed E-state index contributed by atoms with van der Waals surface area (Å²) in [6.45, 7) is 0. The summed E-state index contributed by atoms with van der Waals surface area (Å²) in [7, 11) is 0. The van der Waals surface area contributed by atoms with Gasteiger partial charge in [0.1, 0.15) is 0 Å². The van der Waals surface area contributed by atoms with Gasteiger partial charge in [0, 0.05) is 37.6 Å². The summed E-state index contributed by atoms with van der Waals surface area (Å²) in [6.07, 6.45) is 0. The number of thiophene rings is 1. The third-order valence-corrected chi connectivity index (χ3v) is 10.5. The number of nitrogens with zero attached hydrogens (tertiary/aromatic N) is 2. The zero-order valence-corrected chi connectivity index (χ0v) is 26.3. The van der Waals surface area contributed by atoms with Crippen LogP contribution >= 0.6 is 11.3 Å². The Balaban J connectivity index is 1.16. The second-order valence-corrected chi connectivity index (χ2v) is 13.1. The molecule has 0 spiro atoms. The molecule has 0 aliphatic heterocycles. The minimum absolute atomic E-state index is 1.17. The minimum Gasteiger partial charge on any atom is -0.309 e. The molecule has 47 heavy (non-hydrogen) atoms. The number of fused-ring (bicyclic) bond motifs is 8. The van der Waals surface area contributed by atoms with Gasteiger partial charge >= 0.3 is 0 Å². The maximum absolute atomic E-state index is 2.41. The fraction of sp³-hybridized carbons (Fsp3) is 0. The second kappa shape index (κ2) is 10.3. The molecule has 0 unspecified atom stereocenters. The van der Waals surface area contributed by atoms with Crippen molar-refractivity contribution in [2.24, 2.45) is 0 Å². The quantitative estimate of drug-likeness (QED) is 0.186. The van der Waals surface area contributed by atoms with Crippen molar-refractivity contribution in [3.63, 3.8) is 0 Å². The van der Waals surface area contributed by atoms with Crippen LogP contribution in [-0.2, 0) is 0 Å². The lowest BCUT2D eigenvalue weighted by atomic mass is 10.0. The Hall–Kier alpha value is -5.90. The van der Waals surface area contributed by atoms with E-state index in [0.29, 0.717) is 0 Å². The summed E-state index contributed by atoms with van der Waals surface area (Å²) in [4.78, 5) is 0. The maximum Gasteiger partial charge on any atom is 0.0555 e. The Morgan fingerprint density at radius 2 is 0.915 bits per heavy atom. The standard InChI is InChI=1S/C44H28N2S/c1-3-9-29(10-4-1)30-15-20-35(21-16-30)45-39-14-8-7-13-36(39)37-27-32(18-22-40(37)45)33-19-23-41-38(28-33)43-42(24-17-31-25-26-47-44(31)43)46(41)34-11-5-2-6-12-34/h1-28H. The van der Waals surface area contributed by atoms with Gasteiger partial charge in [0.2, 0.25) is 0 Å².